The van der Waals surface area contributed by atoms with Gasteiger partial charge in [-0.2, -0.15) is 0 Å². The molecule has 2 bridgehead atoms. The summed E-state index contributed by atoms with van der Waals surface area (Å²) < 4.78 is 7.34. The number of halogens is 1. The largest absolute Gasteiger partial charge is 1.00 e. The van der Waals surface area contributed by atoms with Crippen molar-refractivity contribution < 1.29 is 38.0 Å². The minimum absolute atomic E-state index is 0. The van der Waals surface area contributed by atoms with Gasteiger partial charge in [0, 0.05) is 25.7 Å². The summed E-state index contributed by atoms with van der Waals surface area (Å²) in [6, 6.07) is 12.6. The van der Waals surface area contributed by atoms with Crippen molar-refractivity contribution in [2.75, 3.05) is 6.54 Å². The number of ether oxygens (including phenoxy) is 1. The van der Waals surface area contributed by atoms with Crippen LogP contribution in [0.4, 0.5) is 0 Å². The molecule has 30 heavy (non-hydrogen) atoms. The summed E-state index contributed by atoms with van der Waals surface area (Å²) >= 11 is 0. The molecule has 4 rings (SSSR count). The number of hydrogen-bond donors (Lipinski definition) is 0. The van der Waals surface area contributed by atoms with Crippen molar-refractivity contribution in [2.45, 2.75) is 103 Å². The lowest BCUT2D eigenvalue weighted by Gasteiger charge is -2.52. The van der Waals surface area contributed by atoms with Crippen LogP contribution < -0.4 is 24.0 Å². The molecule has 3 aliphatic rings. The third-order valence-corrected chi connectivity index (χ3v) is 8.13. The van der Waals surface area contributed by atoms with Gasteiger partial charge in [0.05, 0.1) is 31.1 Å². The zero-order valence-electron chi connectivity index (χ0n) is 18.9. The van der Waals surface area contributed by atoms with Gasteiger partial charge in [-0.25, -0.2) is 0 Å². The van der Waals surface area contributed by atoms with Gasteiger partial charge < -0.3 is 33.2 Å². The van der Waals surface area contributed by atoms with Gasteiger partial charge in [-0.3, -0.25) is 4.79 Å². The standard InChI is InChI=1S/C26H38NO2.HI/c1-4-27(19(2)3)22-14-15-23(27)18-24(17-22)29-26(28)16-21-12-8-9-13-25(21)20-10-6-5-7-11-20;/h5-7,10-11,19,22-24H,4,8-9,12-18H2,1-3H3;1H/q+1;/p-1. The Morgan fingerprint density at radius 3 is 2.30 bits per heavy atom. The van der Waals surface area contributed by atoms with Crippen LogP contribution in [0.2, 0.25) is 0 Å². The third-order valence-electron chi connectivity index (χ3n) is 8.13. The highest BCUT2D eigenvalue weighted by Gasteiger charge is 2.55. The summed E-state index contributed by atoms with van der Waals surface area (Å²) in [4.78, 5) is 12.9. The van der Waals surface area contributed by atoms with Crippen LogP contribution >= 0.6 is 0 Å². The molecule has 0 aromatic heterocycles. The van der Waals surface area contributed by atoms with Crippen LogP contribution in [0.5, 0.6) is 0 Å². The monoisotopic (exact) mass is 523 g/mol. The molecule has 3 nitrogen and oxygen atoms in total. The van der Waals surface area contributed by atoms with Gasteiger partial charge in [0.2, 0.25) is 0 Å². The number of esters is 1. The minimum atomic E-state index is 0. The fourth-order valence-corrected chi connectivity index (χ4v) is 6.87. The fourth-order valence-electron chi connectivity index (χ4n) is 6.87. The van der Waals surface area contributed by atoms with E-state index in [0.29, 0.717) is 24.5 Å². The summed E-state index contributed by atoms with van der Waals surface area (Å²) in [6.07, 6.45) is 9.86. The first-order valence-electron chi connectivity index (χ1n) is 11.9. The number of fused-ring (bicyclic) bond motifs is 2. The topological polar surface area (TPSA) is 26.3 Å². The highest BCUT2D eigenvalue weighted by Crippen LogP contribution is 2.45. The van der Waals surface area contributed by atoms with E-state index < -0.39 is 0 Å². The van der Waals surface area contributed by atoms with Crippen molar-refractivity contribution >= 4 is 11.5 Å². The Labute approximate surface area is 199 Å². The molecule has 2 heterocycles. The van der Waals surface area contributed by atoms with Crippen molar-refractivity contribution in [1.82, 2.24) is 0 Å². The number of benzene rings is 1. The Morgan fingerprint density at radius 1 is 1.07 bits per heavy atom. The number of hydrogen-bond acceptors (Lipinski definition) is 2. The summed E-state index contributed by atoms with van der Waals surface area (Å²) in [5, 5.41) is 0. The zero-order chi connectivity index (χ0) is 20.4. The smallest absolute Gasteiger partial charge is 0.310 e. The summed E-state index contributed by atoms with van der Waals surface area (Å²) in [6.45, 7) is 8.31. The molecule has 2 saturated heterocycles. The van der Waals surface area contributed by atoms with Gasteiger partial charge in [0.25, 0.3) is 0 Å². The fraction of sp³-hybridized carbons (Fsp3) is 0.654. The van der Waals surface area contributed by atoms with Crippen molar-refractivity contribution in [3.8, 4) is 0 Å². The second kappa shape index (κ2) is 10.2. The van der Waals surface area contributed by atoms with Gasteiger partial charge in [-0.15, -0.1) is 0 Å². The molecule has 0 saturated carbocycles. The molecule has 2 unspecified atom stereocenters. The average molecular weight is 523 g/mol. The molecule has 0 N–H and O–H groups in total. The number of piperidine rings is 1. The van der Waals surface area contributed by atoms with Crippen LogP contribution in [0.3, 0.4) is 0 Å². The molecular weight excluding hydrogens is 485 g/mol. The zero-order valence-corrected chi connectivity index (χ0v) is 21.1. The van der Waals surface area contributed by atoms with Crippen LogP contribution in [-0.4, -0.2) is 41.2 Å². The maximum atomic E-state index is 12.9. The summed E-state index contributed by atoms with van der Waals surface area (Å²) in [5.41, 5.74) is 3.98. The molecule has 0 radical (unpaired) electrons. The van der Waals surface area contributed by atoms with Crippen molar-refractivity contribution in [1.29, 1.82) is 0 Å². The van der Waals surface area contributed by atoms with Crippen LogP contribution in [0.15, 0.2) is 35.9 Å². The van der Waals surface area contributed by atoms with Crippen LogP contribution in [0.1, 0.15) is 84.1 Å². The van der Waals surface area contributed by atoms with E-state index in [-0.39, 0.29) is 36.0 Å². The van der Waals surface area contributed by atoms with Crippen molar-refractivity contribution in [3.05, 3.63) is 41.5 Å². The van der Waals surface area contributed by atoms with Crippen LogP contribution in [-0.2, 0) is 9.53 Å². The average Bonchev–Trinajstić information content (AvgIpc) is 2.93. The summed E-state index contributed by atoms with van der Waals surface area (Å²) in [5.74, 6) is 0.000719. The van der Waals surface area contributed by atoms with Crippen molar-refractivity contribution in [3.63, 3.8) is 0 Å². The molecule has 1 aromatic carbocycles. The normalized spacial score (nSPS) is 30.9. The van der Waals surface area contributed by atoms with Gasteiger partial charge in [-0.05, 0) is 57.6 Å². The Kier molecular flexibility index (Phi) is 8.05. The first-order chi connectivity index (χ1) is 14.0. The lowest BCUT2D eigenvalue weighted by molar-refractivity contribution is -0.983. The molecule has 0 spiro atoms. The third kappa shape index (κ3) is 4.50. The van der Waals surface area contributed by atoms with E-state index in [1.165, 1.54) is 53.4 Å². The Hall–Kier alpha value is -0.880. The quantitative estimate of drug-likeness (QED) is 0.326. The lowest BCUT2D eigenvalue weighted by atomic mass is 9.86. The van der Waals surface area contributed by atoms with Gasteiger partial charge in [0.15, 0.2) is 0 Å². The highest BCUT2D eigenvalue weighted by atomic mass is 127. The number of allylic oxidation sites excluding steroid dienone is 1. The maximum absolute atomic E-state index is 12.9. The highest BCUT2D eigenvalue weighted by molar-refractivity contribution is 5.79. The minimum Gasteiger partial charge on any atom is -1.00 e. The van der Waals surface area contributed by atoms with E-state index in [0.717, 1.165) is 25.7 Å². The van der Waals surface area contributed by atoms with Crippen LogP contribution in [0, 0.1) is 0 Å². The molecular formula is C26H38INO2. The molecule has 1 aromatic rings. The van der Waals surface area contributed by atoms with Gasteiger partial charge >= 0.3 is 5.97 Å². The maximum Gasteiger partial charge on any atom is 0.310 e. The number of carbonyl (C=O) groups is 1. The van der Waals surface area contributed by atoms with Gasteiger partial charge in [0.1, 0.15) is 6.10 Å². The summed E-state index contributed by atoms with van der Waals surface area (Å²) in [7, 11) is 0. The number of nitrogens with zero attached hydrogens (tertiary/aromatic N) is 1. The molecule has 4 heteroatoms. The van der Waals surface area contributed by atoms with Crippen LogP contribution in [0.25, 0.3) is 5.57 Å². The molecule has 1 aliphatic carbocycles. The Morgan fingerprint density at radius 2 is 1.70 bits per heavy atom. The molecule has 2 fully saturated rings. The van der Waals surface area contributed by atoms with E-state index in [2.05, 4.69) is 51.1 Å². The van der Waals surface area contributed by atoms with E-state index >= 15 is 0 Å². The Balaban J connectivity index is 0.00000256. The second-order valence-electron chi connectivity index (χ2n) is 9.71. The lowest BCUT2D eigenvalue weighted by Crippen LogP contribution is -3.00. The molecule has 0 amide bonds. The molecule has 2 atom stereocenters. The SMILES string of the molecule is CC[N+]1(C(C)C)C2CCC1CC(OC(=O)CC1=C(c3ccccc3)CCCC1)C2.[I-]. The Bertz CT molecular complexity index is 744. The molecule has 2 aliphatic heterocycles. The van der Waals surface area contributed by atoms with Gasteiger partial charge in [-0.1, -0.05) is 35.9 Å². The second-order valence-corrected chi connectivity index (χ2v) is 9.71. The van der Waals surface area contributed by atoms with Crippen molar-refractivity contribution in [2.24, 2.45) is 0 Å². The van der Waals surface area contributed by atoms with E-state index in [9.17, 15) is 4.79 Å². The predicted molar refractivity (Wildman–Crippen MR) is 118 cm³/mol. The first-order valence-corrected chi connectivity index (χ1v) is 11.9. The number of rotatable bonds is 6. The number of quaternary nitrogens is 1. The predicted octanol–water partition coefficient (Wildman–Crippen LogP) is 2.89. The van der Waals surface area contributed by atoms with E-state index in [4.69, 9.17) is 4.74 Å². The number of carbonyl (C=O) groups excluding carboxylic acids is 1. The molecule has 166 valence electrons. The van der Waals surface area contributed by atoms with E-state index in [1.807, 2.05) is 0 Å². The first kappa shape index (κ1) is 23.8. The van der Waals surface area contributed by atoms with E-state index in [1.54, 1.807) is 0 Å².